The molecule has 0 bridgehead atoms. The van der Waals surface area contributed by atoms with Gasteiger partial charge in [-0.05, 0) is 42.0 Å². The molecule has 2 rings (SSSR count). The second-order valence-electron chi connectivity index (χ2n) is 4.83. The van der Waals surface area contributed by atoms with Crippen molar-refractivity contribution in [3.8, 4) is 0 Å². The predicted molar refractivity (Wildman–Crippen MR) is 77.6 cm³/mol. The van der Waals surface area contributed by atoms with Crippen LogP contribution < -0.4 is 5.73 Å². The van der Waals surface area contributed by atoms with Crippen molar-refractivity contribution in [2.45, 2.75) is 32.7 Å². The van der Waals surface area contributed by atoms with Crippen LogP contribution >= 0.6 is 0 Å². The quantitative estimate of drug-likeness (QED) is 0.863. The Morgan fingerprint density at radius 3 is 2.28 bits per heavy atom. The van der Waals surface area contributed by atoms with E-state index in [1.807, 2.05) is 0 Å². The highest BCUT2D eigenvalue weighted by Crippen LogP contribution is 2.19. The fourth-order valence-corrected chi connectivity index (χ4v) is 2.19. The summed E-state index contributed by atoms with van der Waals surface area (Å²) in [5.74, 6) is 0. The van der Waals surface area contributed by atoms with Crippen LogP contribution in [-0.4, -0.2) is 0 Å². The second kappa shape index (κ2) is 5.83. The van der Waals surface area contributed by atoms with Crippen molar-refractivity contribution >= 4 is 0 Å². The van der Waals surface area contributed by atoms with Gasteiger partial charge in [-0.1, -0.05) is 55.5 Å². The summed E-state index contributed by atoms with van der Waals surface area (Å²) < 4.78 is 0. The van der Waals surface area contributed by atoms with Crippen LogP contribution in [0.25, 0.3) is 0 Å². The van der Waals surface area contributed by atoms with E-state index in [1.54, 1.807) is 0 Å². The molecule has 0 radical (unpaired) electrons. The summed E-state index contributed by atoms with van der Waals surface area (Å²) in [5, 5.41) is 0. The number of aryl methyl sites for hydroxylation is 2. The number of benzene rings is 2. The van der Waals surface area contributed by atoms with E-state index < -0.39 is 0 Å². The minimum atomic E-state index is 0.0806. The lowest BCUT2D eigenvalue weighted by atomic mass is 9.96. The molecule has 0 fully saturated rings. The van der Waals surface area contributed by atoms with E-state index in [-0.39, 0.29) is 6.04 Å². The van der Waals surface area contributed by atoms with Crippen LogP contribution in [0.1, 0.15) is 35.2 Å². The van der Waals surface area contributed by atoms with Crippen molar-refractivity contribution in [1.29, 1.82) is 0 Å². The molecule has 2 aromatic carbocycles. The van der Waals surface area contributed by atoms with Crippen LogP contribution in [0.15, 0.2) is 48.5 Å². The monoisotopic (exact) mass is 239 g/mol. The molecule has 1 nitrogen and oxygen atoms in total. The fraction of sp³-hybridized carbons (Fsp3) is 0.294. The molecule has 0 spiro atoms. The summed E-state index contributed by atoms with van der Waals surface area (Å²) in [6.45, 7) is 4.31. The summed E-state index contributed by atoms with van der Waals surface area (Å²) in [6, 6.07) is 17.2. The maximum Gasteiger partial charge on any atom is 0.0335 e. The molecule has 1 heteroatoms. The molecule has 0 aliphatic heterocycles. The van der Waals surface area contributed by atoms with Crippen LogP contribution in [0.4, 0.5) is 0 Å². The van der Waals surface area contributed by atoms with Gasteiger partial charge in [-0.25, -0.2) is 0 Å². The predicted octanol–water partition coefficient (Wildman–Crippen LogP) is 3.80. The SMILES string of the molecule is CCc1ccc(C(N)Cc2ccccc2C)cc1. The highest BCUT2D eigenvalue weighted by Gasteiger charge is 2.08. The van der Waals surface area contributed by atoms with Gasteiger partial charge in [0.2, 0.25) is 0 Å². The molecule has 2 aromatic rings. The lowest BCUT2D eigenvalue weighted by Gasteiger charge is -2.14. The molecule has 0 saturated carbocycles. The van der Waals surface area contributed by atoms with E-state index in [9.17, 15) is 0 Å². The third kappa shape index (κ3) is 2.99. The minimum Gasteiger partial charge on any atom is -0.324 e. The molecular weight excluding hydrogens is 218 g/mol. The minimum absolute atomic E-state index is 0.0806. The molecule has 2 N–H and O–H groups in total. The van der Waals surface area contributed by atoms with Crippen LogP contribution in [0.2, 0.25) is 0 Å². The Morgan fingerprint density at radius 1 is 1.00 bits per heavy atom. The third-order valence-corrected chi connectivity index (χ3v) is 3.52. The zero-order chi connectivity index (χ0) is 13.0. The second-order valence-corrected chi connectivity index (χ2v) is 4.83. The molecule has 1 atom stereocenters. The zero-order valence-corrected chi connectivity index (χ0v) is 11.2. The molecule has 18 heavy (non-hydrogen) atoms. The van der Waals surface area contributed by atoms with Gasteiger partial charge >= 0.3 is 0 Å². The normalized spacial score (nSPS) is 12.4. The van der Waals surface area contributed by atoms with E-state index in [0.717, 1.165) is 12.8 Å². The lowest BCUT2D eigenvalue weighted by Crippen LogP contribution is -2.13. The fourth-order valence-electron chi connectivity index (χ4n) is 2.19. The summed E-state index contributed by atoms with van der Waals surface area (Å²) in [4.78, 5) is 0. The van der Waals surface area contributed by atoms with Crippen molar-refractivity contribution in [3.63, 3.8) is 0 Å². The van der Waals surface area contributed by atoms with Gasteiger partial charge in [-0.2, -0.15) is 0 Å². The Balaban J connectivity index is 2.11. The smallest absolute Gasteiger partial charge is 0.0335 e. The first kappa shape index (κ1) is 12.8. The molecular formula is C17H21N. The Labute approximate surface area is 110 Å². The van der Waals surface area contributed by atoms with Gasteiger partial charge in [-0.15, -0.1) is 0 Å². The summed E-state index contributed by atoms with van der Waals surface area (Å²) in [7, 11) is 0. The van der Waals surface area contributed by atoms with E-state index in [4.69, 9.17) is 5.73 Å². The van der Waals surface area contributed by atoms with E-state index >= 15 is 0 Å². The molecule has 94 valence electrons. The van der Waals surface area contributed by atoms with Gasteiger partial charge in [0.25, 0.3) is 0 Å². The third-order valence-electron chi connectivity index (χ3n) is 3.52. The molecule has 0 saturated heterocycles. The first-order valence-corrected chi connectivity index (χ1v) is 6.59. The van der Waals surface area contributed by atoms with Crippen molar-refractivity contribution in [2.24, 2.45) is 5.73 Å². The van der Waals surface area contributed by atoms with Crippen molar-refractivity contribution < 1.29 is 0 Å². The lowest BCUT2D eigenvalue weighted by molar-refractivity contribution is 0.718. The largest absolute Gasteiger partial charge is 0.324 e. The Hall–Kier alpha value is -1.60. The van der Waals surface area contributed by atoms with E-state index in [0.29, 0.717) is 0 Å². The number of nitrogens with two attached hydrogens (primary N) is 1. The average Bonchev–Trinajstić information content (AvgIpc) is 2.41. The van der Waals surface area contributed by atoms with Gasteiger partial charge < -0.3 is 5.73 Å². The Morgan fingerprint density at radius 2 is 1.67 bits per heavy atom. The average molecular weight is 239 g/mol. The molecule has 0 amide bonds. The van der Waals surface area contributed by atoms with Crippen molar-refractivity contribution in [3.05, 3.63) is 70.8 Å². The highest BCUT2D eigenvalue weighted by atomic mass is 14.6. The van der Waals surface area contributed by atoms with Gasteiger partial charge in [0.05, 0.1) is 0 Å². The summed E-state index contributed by atoms with van der Waals surface area (Å²) in [6.07, 6.45) is 1.98. The first-order chi connectivity index (χ1) is 8.70. The standard InChI is InChI=1S/C17H21N/c1-3-14-8-10-15(11-9-14)17(18)12-16-7-5-4-6-13(16)2/h4-11,17H,3,12,18H2,1-2H3. The first-order valence-electron chi connectivity index (χ1n) is 6.59. The van der Waals surface area contributed by atoms with Crippen LogP contribution in [-0.2, 0) is 12.8 Å². The maximum atomic E-state index is 6.29. The number of hydrogen-bond donors (Lipinski definition) is 1. The van der Waals surface area contributed by atoms with E-state index in [1.165, 1.54) is 22.3 Å². The molecule has 0 heterocycles. The molecule has 0 aromatic heterocycles. The van der Waals surface area contributed by atoms with Crippen molar-refractivity contribution in [1.82, 2.24) is 0 Å². The summed E-state index contributed by atoms with van der Waals surface area (Å²) in [5.41, 5.74) is 11.5. The van der Waals surface area contributed by atoms with Crippen LogP contribution in [0.5, 0.6) is 0 Å². The molecule has 0 aliphatic rings. The molecule has 1 unspecified atom stereocenters. The van der Waals surface area contributed by atoms with E-state index in [2.05, 4.69) is 62.4 Å². The van der Waals surface area contributed by atoms with Gasteiger partial charge in [-0.3, -0.25) is 0 Å². The highest BCUT2D eigenvalue weighted by molar-refractivity contribution is 5.30. The van der Waals surface area contributed by atoms with Crippen LogP contribution in [0.3, 0.4) is 0 Å². The number of rotatable bonds is 4. The maximum absolute atomic E-state index is 6.29. The van der Waals surface area contributed by atoms with Gasteiger partial charge in [0.1, 0.15) is 0 Å². The summed E-state index contributed by atoms with van der Waals surface area (Å²) >= 11 is 0. The zero-order valence-electron chi connectivity index (χ0n) is 11.2. The topological polar surface area (TPSA) is 26.0 Å². The Bertz CT molecular complexity index is 499. The van der Waals surface area contributed by atoms with Gasteiger partial charge in [0, 0.05) is 6.04 Å². The van der Waals surface area contributed by atoms with Gasteiger partial charge in [0.15, 0.2) is 0 Å². The van der Waals surface area contributed by atoms with Crippen molar-refractivity contribution in [2.75, 3.05) is 0 Å². The van der Waals surface area contributed by atoms with Crippen LogP contribution in [0, 0.1) is 6.92 Å². The molecule has 0 aliphatic carbocycles. The number of hydrogen-bond acceptors (Lipinski definition) is 1. The Kier molecular flexibility index (Phi) is 4.16.